The minimum absolute atomic E-state index is 0.0636. The van der Waals surface area contributed by atoms with Crippen molar-refractivity contribution in [1.82, 2.24) is 10.1 Å². The first kappa shape index (κ1) is 24.8. The third-order valence-electron chi connectivity index (χ3n) is 7.13. The van der Waals surface area contributed by atoms with Crippen LogP contribution in [0.1, 0.15) is 64.7 Å². The maximum absolute atomic E-state index is 14.4. The van der Waals surface area contributed by atoms with E-state index in [1.165, 1.54) is 17.4 Å². The number of rotatable bonds is 8. The van der Waals surface area contributed by atoms with E-state index in [1.807, 2.05) is 0 Å². The molecule has 2 aliphatic carbocycles. The Morgan fingerprint density at radius 1 is 1.19 bits per heavy atom. The van der Waals surface area contributed by atoms with Gasteiger partial charge >= 0.3 is 5.97 Å². The van der Waals surface area contributed by atoms with Gasteiger partial charge in [0.15, 0.2) is 5.82 Å². The lowest BCUT2D eigenvalue weighted by Crippen LogP contribution is -2.10. The Morgan fingerprint density at radius 2 is 1.97 bits per heavy atom. The number of carboxylic acid groups (broad SMARTS) is 1. The van der Waals surface area contributed by atoms with E-state index in [4.69, 9.17) is 32.5 Å². The van der Waals surface area contributed by atoms with Gasteiger partial charge in [0.1, 0.15) is 17.0 Å². The van der Waals surface area contributed by atoms with E-state index in [9.17, 15) is 14.3 Å². The van der Waals surface area contributed by atoms with Gasteiger partial charge in [-0.15, -0.1) is 11.3 Å². The van der Waals surface area contributed by atoms with Crippen molar-refractivity contribution in [3.05, 3.63) is 68.1 Å². The van der Waals surface area contributed by atoms with Crippen molar-refractivity contribution >= 4 is 50.7 Å². The lowest BCUT2D eigenvalue weighted by Gasteiger charge is -2.13. The van der Waals surface area contributed by atoms with Gasteiger partial charge in [0, 0.05) is 23.5 Å². The Kier molecular flexibility index (Phi) is 6.69. The Bertz CT molecular complexity index is 1480. The molecule has 0 unspecified atom stereocenters. The molecule has 2 saturated carbocycles. The average Bonchev–Trinajstić information content (AvgIpc) is 3.26. The highest BCUT2D eigenvalue weighted by molar-refractivity contribution is 7.18. The summed E-state index contributed by atoms with van der Waals surface area (Å²) >= 11 is 14.3. The molecule has 192 valence electrons. The van der Waals surface area contributed by atoms with E-state index < -0.39 is 11.8 Å². The second-order valence-electron chi connectivity index (χ2n) is 9.78. The van der Waals surface area contributed by atoms with Crippen molar-refractivity contribution in [2.24, 2.45) is 5.92 Å². The number of halogens is 3. The second-order valence-corrected chi connectivity index (χ2v) is 11.7. The monoisotopic (exact) mass is 560 g/mol. The Balaban J connectivity index is 1.14. The van der Waals surface area contributed by atoms with Crippen LogP contribution >= 0.6 is 34.5 Å². The fourth-order valence-electron chi connectivity index (χ4n) is 5.11. The summed E-state index contributed by atoms with van der Waals surface area (Å²) in [7, 11) is 0. The summed E-state index contributed by atoms with van der Waals surface area (Å²) in [5, 5.41) is 15.4. The van der Waals surface area contributed by atoms with Gasteiger partial charge in [-0.05, 0) is 62.3 Å². The normalized spacial score (nSPS) is 19.6. The third kappa shape index (κ3) is 5.00. The van der Waals surface area contributed by atoms with Crippen LogP contribution in [0.5, 0.6) is 0 Å². The maximum atomic E-state index is 14.4. The third-order valence-corrected chi connectivity index (χ3v) is 8.78. The molecule has 0 radical (unpaired) electrons. The van der Waals surface area contributed by atoms with E-state index in [-0.39, 0.29) is 17.2 Å². The van der Waals surface area contributed by atoms with Crippen LogP contribution in [-0.4, -0.2) is 27.3 Å². The lowest BCUT2D eigenvalue weighted by atomic mass is 10.0. The molecule has 0 amide bonds. The topological polar surface area (TPSA) is 85.5 Å². The number of hydrogen-bond donors (Lipinski definition) is 1. The molecule has 0 bridgehead atoms. The number of aromatic nitrogens is 2. The van der Waals surface area contributed by atoms with Gasteiger partial charge in [0.05, 0.1) is 38.0 Å². The number of nitrogens with zero attached hydrogens (tertiary/aromatic N) is 2. The van der Waals surface area contributed by atoms with Crippen molar-refractivity contribution in [3.8, 4) is 11.3 Å². The number of ether oxygens (including phenoxy) is 1. The average molecular weight is 561 g/mol. The maximum Gasteiger partial charge on any atom is 0.335 e. The van der Waals surface area contributed by atoms with E-state index >= 15 is 0 Å². The molecule has 0 spiro atoms. The highest BCUT2D eigenvalue weighted by Gasteiger charge is 2.34. The first-order valence-electron chi connectivity index (χ1n) is 12.2. The first-order valence-corrected chi connectivity index (χ1v) is 13.8. The molecule has 0 aliphatic heterocycles. The zero-order chi connectivity index (χ0) is 25.7. The molecule has 2 aromatic carbocycles. The minimum Gasteiger partial charge on any atom is -0.478 e. The molecule has 2 heterocycles. The molecule has 2 aromatic heterocycles. The van der Waals surface area contributed by atoms with Gasteiger partial charge in [0.2, 0.25) is 0 Å². The fourth-order valence-corrected chi connectivity index (χ4v) is 6.82. The summed E-state index contributed by atoms with van der Waals surface area (Å²) < 4.78 is 27.0. The van der Waals surface area contributed by atoms with Crippen LogP contribution in [-0.2, 0) is 17.8 Å². The molecule has 2 atom stereocenters. The molecule has 2 fully saturated rings. The van der Waals surface area contributed by atoms with Crippen LogP contribution in [0.2, 0.25) is 10.0 Å². The Labute approximate surface area is 226 Å². The van der Waals surface area contributed by atoms with Crippen molar-refractivity contribution in [1.29, 1.82) is 0 Å². The van der Waals surface area contributed by atoms with E-state index in [0.29, 0.717) is 50.9 Å². The Morgan fingerprint density at radius 3 is 2.70 bits per heavy atom. The summed E-state index contributed by atoms with van der Waals surface area (Å²) in [6.45, 7) is 0.369. The van der Waals surface area contributed by atoms with Gasteiger partial charge in [-0.3, -0.25) is 0 Å². The van der Waals surface area contributed by atoms with Crippen molar-refractivity contribution in [3.63, 3.8) is 0 Å². The van der Waals surface area contributed by atoms with E-state index in [1.54, 1.807) is 18.2 Å². The minimum atomic E-state index is -1.15. The van der Waals surface area contributed by atoms with Crippen molar-refractivity contribution in [2.45, 2.75) is 57.2 Å². The smallest absolute Gasteiger partial charge is 0.335 e. The van der Waals surface area contributed by atoms with Crippen molar-refractivity contribution in [2.75, 3.05) is 0 Å². The lowest BCUT2D eigenvalue weighted by molar-refractivity contribution is 0.0424. The summed E-state index contributed by atoms with van der Waals surface area (Å²) in [5.41, 5.74) is 2.40. The molecule has 4 aromatic rings. The number of carbonyl (C=O) groups is 1. The van der Waals surface area contributed by atoms with Gasteiger partial charge in [-0.25, -0.2) is 14.2 Å². The fraction of sp³-hybridized carbons (Fsp3) is 0.370. The largest absolute Gasteiger partial charge is 0.478 e. The SMILES string of the molecule is O=C(O)c1cc(F)c2nc(C[C@@H]3CC[C@H](OCc4c(-c5c(Cl)cccc5Cl)noc4C4CC4)C3)sc2c1. The number of benzene rings is 2. The summed E-state index contributed by atoms with van der Waals surface area (Å²) in [5.74, 6) is -0.171. The van der Waals surface area contributed by atoms with Crippen LogP contribution < -0.4 is 0 Å². The zero-order valence-corrected chi connectivity index (χ0v) is 22.0. The second kappa shape index (κ2) is 9.98. The van der Waals surface area contributed by atoms with Crippen LogP contribution in [0.4, 0.5) is 4.39 Å². The van der Waals surface area contributed by atoms with E-state index in [0.717, 1.165) is 54.5 Å². The number of carboxylic acids is 1. The van der Waals surface area contributed by atoms with Crippen LogP contribution in [0.15, 0.2) is 34.9 Å². The quantitative estimate of drug-likeness (QED) is 0.235. The highest BCUT2D eigenvalue weighted by atomic mass is 35.5. The predicted molar refractivity (Wildman–Crippen MR) is 140 cm³/mol. The molecule has 6 rings (SSSR count). The van der Waals surface area contributed by atoms with Gasteiger partial charge in [-0.1, -0.05) is 34.4 Å². The van der Waals surface area contributed by atoms with Gasteiger partial charge in [-0.2, -0.15) is 0 Å². The van der Waals surface area contributed by atoms with Crippen molar-refractivity contribution < 1.29 is 23.6 Å². The van der Waals surface area contributed by atoms with E-state index in [2.05, 4.69) is 10.1 Å². The first-order chi connectivity index (χ1) is 17.9. The van der Waals surface area contributed by atoms with Gasteiger partial charge in [0.25, 0.3) is 0 Å². The molecule has 1 N–H and O–H groups in total. The van der Waals surface area contributed by atoms with Crippen LogP contribution in [0.25, 0.3) is 21.5 Å². The molecular formula is C27H23Cl2FN2O4S. The summed E-state index contributed by atoms with van der Waals surface area (Å²) in [4.78, 5) is 15.7. The molecular weight excluding hydrogens is 538 g/mol. The summed E-state index contributed by atoms with van der Waals surface area (Å²) in [6, 6.07) is 7.89. The van der Waals surface area contributed by atoms with Crippen LogP contribution in [0, 0.1) is 11.7 Å². The molecule has 2 aliphatic rings. The molecule has 10 heteroatoms. The molecule has 0 saturated heterocycles. The number of aromatic carboxylic acids is 1. The highest BCUT2D eigenvalue weighted by Crippen LogP contribution is 2.46. The van der Waals surface area contributed by atoms with Gasteiger partial charge < -0.3 is 14.4 Å². The number of hydrogen-bond acceptors (Lipinski definition) is 6. The molecule has 6 nitrogen and oxygen atoms in total. The summed E-state index contributed by atoms with van der Waals surface area (Å²) in [6.07, 6.45) is 5.68. The Hall–Kier alpha value is -2.52. The van der Waals surface area contributed by atoms with Crippen LogP contribution in [0.3, 0.4) is 0 Å². The zero-order valence-electron chi connectivity index (χ0n) is 19.7. The predicted octanol–water partition coefficient (Wildman–Crippen LogP) is 7.90. The molecule has 37 heavy (non-hydrogen) atoms. The number of thiazole rings is 1. The standard InChI is InChI=1S/C27H23Cl2FN2O4S/c28-18-2-1-3-19(29)23(18)24-17(26(36-32-24)14-5-6-14)12-35-16-7-4-13(8-16)9-22-31-25-20(30)10-15(27(33)34)11-21(25)37-22/h1-3,10-11,13-14,16H,4-9,12H2,(H,33,34)/t13-,16+/m1/s1. The number of fused-ring (bicyclic) bond motifs is 1.